The van der Waals surface area contributed by atoms with Gasteiger partial charge < -0.3 is 19.4 Å². The minimum atomic E-state index is -4.61. The van der Waals surface area contributed by atoms with Crippen molar-refractivity contribution in [1.29, 1.82) is 0 Å². The molecule has 146 valence electrons. The number of aliphatic imine (C=N–C) groups is 1. The summed E-state index contributed by atoms with van der Waals surface area (Å²) in [6, 6.07) is 3.63. The van der Waals surface area contributed by atoms with E-state index in [1.165, 1.54) is 43.8 Å². The fourth-order valence-electron chi connectivity index (χ4n) is 2.63. The minimum absolute atomic E-state index is 0.0566. The lowest BCUT2D eigenvalue weighted by Crippen LogP contribution is -2.28. The zero-order valence-corrected chi connectivity index (χ0v) is 16.6. The number of rotatable bonds is 4. The SMILES string of the molecule is CC(C)(Oc1cc(F)ccc1/C=C1\SC(N2CCCC2)=NC1=O)P(=O)(O)O. The van der Waals surface area contributed by atoms with Crippen LogP contribution in [0.15, 0.2) is 28.1 Å². The molecule has 7 nitrogen and oxygen atoms in total. The fourth-order valence-corrected chi connectivity index (χ4v) is 3.80. The van der Waals surface area contributed by atoms with Gasteiger partial charge in [-0.1, -0.05) is 0 Å². The van der Waals surface area contributed by atoms with Crippen LogP contribution in [-0.2, 0) is 9.36 Å². The molecule has 1 amide bonds. The third-order valence-electron chi connectivity index (χ3n) is 4.31. The summed E-state index contributed by atoms with van der Waals surface area (Å²) in [5, 5.41) is -1.21. The number of thioether (sulfide) groups is 1. The van der Waals surface area contributed by atoms with Crippen molar-refractivity contribution in [2.45, 2.75) is 32.0 Å². The fraction of sp³-hybridized carbons (Fsp3) is 0.412. The van der Waals surface area contributed by atoms with Crippen molar-refractivity contribution in [3.05, 3.63) is 34.5 Å². The van der Waals surface area contributed by atoms with Gasteiger partial charge in [-0.3, -0.25) is 9.36 Å². The van der Waals surface area contributed by atoms with E-state index in [-0.39, 0.29) is 5.75 Å². The molecule has 0 unspecified atom stereocenters. The molecule has 0 bridgehead atoms. The third-order valence-corrected chi connectivity index (χ3v) is 6.85. The molecule has 0 aliphatic carbocycles. The first-order valence-electron chi connectivity index (χ1n) is 8.38. The maximum Gasteiger partial charge on any atom is 0.368 e. The summed E-state index contributed by atoms with van der Waals surface area (Å²) in [6.07, 6.45) is 3.62. The lowest BCUT2D eigenvalue weighted by atomic mass is 10.1. The van der Waals surface area contributed by atoms with E-state index in [0.717, 1.165) is 32.0 Å². The van der Waals surface area contributed by atoms with Gasteiger partial charge in [-0.2, -0.15) is 4.99 Å². The third kappa shape index (κ3) is 4.43. The number of nitrogens with zero attached hydrogens (tertiary/aromatic N) is 2. The van der Waals surface area contributed by atoms with Gasteiger partial charge in [-0.05, 0) is 56.7 Å². The van der Waals surface area contributed by atoms with Gasteiger partial charge in [-0.15, -0.1) is 0 Å². The molecule has 1 saturated heterocycles. The zero-order chi connectivity index (χ0) is 19.8. The van der Waals surface area contributed by atoms with E-state index in [4.69, 9.17) is 4.74 Å². The Hall–Kier alpha value is -1.67. The van der Waals surface area contributed by atoms with Crippen LogP contribution in [0.4, 0.5) is 4.39 Å². The number of hydrogen-bond donors (Lipinski definition) is 2. The molecule has 1 aromatic rings. The van der Waals surface area contributed by atoms with E-state index >= 15 is 0 Å². The van der Waals surface area contributed by atoms with E-state index in [0.29, 0.717) is 15.6 Å². The number of ether oxygens (including phenoxy) is 1. The normalized spacial score (nSPS) is 19.7. The molecule has 2 N–H and O–H groups in total. The van der Waals surface area contributed by atoms with E-state index < -0.39 is 24.7 Å². The number of halogens is 1. The molecule has 0 radical (unpaired) electrons. The second kappa shape index (κ2) is 7.39. The predicted octanol–water partition coefficient (Wildman–Crippen LogP) is 3.18. The Morgan fingerprint density at radius 3 is 2.63 bits per heavy atom. The van der Waals surface area contributed by atoms with Crippen molar-refractivity contribution in [3.8, 4) is 5.75 Å². The average Bonchev–Trinajstić information content (AvgIpc) is 3.19. The maximum atomic E-state index is 13.7. The molecule has 2 heterocycles. The molecule has 2 aliphatic heterocycles. The van der Waals surface area contributed by atoms with E-state index in [2.05, 4.69) is 4.99 Å². The van der Waals surface area contributed by atoms with Crippen molar-refractivity contribution < 1.29 is 28.3 Å². The summed E-state index contributed by atoms with van der Waals surface area (Å²) < 4.78 is 30.7. The molecule has 0 aromatic heterocycles. The summed E-state index contributed by atoms with van der Waals surface area (Å²) in [4.78, 5) is 37.6. The van der Waals surface area contributed by atoms with E-state index in [1.54, 1.807) is 0 Å². The van der Waals surface area contributed by atoms with Gasteiger partial charge in [0.15, 0.2) is 5.17 Å². The summed E-state index contributed by atoms with van der Waals surface area (Å²) >= 11 is 1.23. The number of likely N-dealkylation sites (tertiary alicyclic amines) is 1. The molecule has 1 fully saturated rings. The first-order chi connectivity index (χ1) is 12.6. The Morgan fingerprint density at radius 2 is 2.00 bits per heavy atom. The smallest absolute Gasteiger partial charge is 0.368 e. The second-order valence-electron chi connectivity index (χ2n) is 6.78. The highest BCUT2D eigenvalue weighted by Gasteiger charge is 2.40. The van der Waals surface area contributed by atoms with Gasteiger partial charge in [0.05, 0.1) is 4.91 Å². The summed E-state index contributed by atoms with van der Waals surface area (Å²) in [5.41, 5.74) is 0.339. The molecule has 1 aromatic carbocycles. The van der Waals surface area contributed by atoms with Gasteiger partial charge in [0, 0.05) is 24.7 Å². The Kier molecular flexibility index (Phi) is 5.49. The molecular weight excluding hydrogens is 394 g/mol. The highest BCUT2D eigenvalue weighted by molar-refractivity contribution is 8.18. The van der Waals surface area contributed by atoms with Crippen LogP contribution < -0.4 is 4.74 Å². The van der Waals surface area contributed by atoms with Gasteiger partial charge >= 0.3 is 7.60 Å². The molecule has 0 atom stereocenters. The largest absolute Gasteiger partial charge is 0.474 e. The Morgan fingerprint density at radius 1 is 1.33 bits per heavy atom. The van der Waals surface area contributed by atoms with E-state index in [9.17, 15) is 23.5 Å². The highest BCUT2D eigenvalue weighted by Crippen LogP contribution is 2.51. The molecule has 27 heavy (non-hydrogen) atoms. The molecule has 10 heteroatoms. The Labute approximate surface area is 160 Å². The lowest BCUT2D eigenvalue weighted by molar-refractivity contribution is -0.113. The summed E-state index contributed by atoms with van der Waals surface area (Å²) in [7, 11) is -4.61. The van der Waals surface area contributed by atoms with Crippen LogP contribution in [0.2, 0.25) is 0 Å². The molecule has 3 rings (SSSR count). The van der Waals surface area contributed by atoms with Crippen LogP contribution in [0.5, 0.6) is 5.75 Å². The Bertz CT molecular complexity index is 874. The first-order valence-corrected chi connectivity index (χ1v) is 10.8. The number of hydrogen-bond acceptors (Lipinski definition) is 5. The van der Waals surface area contributed by atoms with Gasteiger partial charge in [0.2, 0.25) is 5.34 Å². The molecular formula is C17H20FN2O5PS. The minimum Gasteiger partial charge on any atom is -0.474 e. The van der Waals surface area contributed by atoms with Crippen LogP contribution in [0.1, 0.15) is 32.3 Å². The standard InChI is InChI=1S/C17H20FN2O5PS/c1-17(2,26(22,23)24)25-13-10-12(18)6-5-11(13)9-14-15(21)19-16(27-14)20-7-3-4-8-20/h5-6,9-10H,3-4,7-8H2,1-2H3,(H2,22,23,24)/b14-9-. The zero-order valence-electron chi connectivity index (χ0n) is 14.9. The lowest BCUT2D eigenvalue weighted by Gasteiger charge is -2.28. The van der Waals surface area contributed by atoms with Crippen molar-refractivity contribution in [2.24, 2.45) is 4.99 Å². The highest BCUT2D eigenvalue weighted by atomic mass is 32.2. The summed E-state index contributed by atoms with van der Waals surface area (Å²) in [5.74, 6) is -1.07. The molecule has 0 saturated carbocycles. The van der Waals surface area contributed by atoms with Crippen molar-refractivity contribution >= 4 is 36.5 Å². The molecule has 2 aliphatic rings. The predicted molar refractivity (Wildman–Crippen MR) is 102 cm³/mol. The van der Waals surface area contributed by atoms with Crippen LogP contribution >= 0.6 is 19.4 Å². The number of benzene rings is 1. The van der Waals surface area contributed by atoms with Crippen molar-refractivity contribution in [1.82, 2.24) is 4.90 Å². The first kappa shape index (κ1) is 20.1. The number of carbonyl (C=O) groups is 1. The van der Waals surface area contributed by atoms with Crippen LogP contribution in [0, 0.1) is 5.82 Å². The quantitative estimate of drug-likeness (QED) is 0.577. The summed E-state index contributed by atoms with van der Waals surface area (Å²) in [6.45, 7) is 4.15. The molecule has 0 spiro atoms. The van der Waals surface area contributed by atoms with Gasteiger partial charge in [0.1, 0.15) is 11.6 Å². The monoisotopic (exact) mass is 414 g/mol. The van der Waals surface area contributed by atoms with Crippen molar-refractivity contribution in [3.63, 3.8) is 0 Å². The maximum absolute atomic E-state index is 13.7. The number of amidine groups is 1. The van der Waals surface area contributed by atoms with Gasteiger partial charge in [-0.25, -0.2) is 4.39 Å². The Balaban J connectivity index is 1.88. The van der Waals surface area contributed by atoms with Crippen molar-refractivity contribution in [2.75, 3.05) is 13.1 Å². The second-order valence-corrected chi connectivity index (χ2v) is 9.95. The van der Waals surface area contributed by atoms with Gasteiger partial charge in [0.25, 0.3) is 5.91 Å². The topological polar surface area (TPSA) is 99.4 Å². The van der Waals surface area contributed by atoms with Crippen LogP contribution in [-0.4, -0.2) is 44.2 Å². The van der Waals surface area contributed by atoms with Crippen LogP contribution in [0.3, 0.4) is 0 Å². The number of amides is 1. The van der Waals surface area contributed by atoms with E-state index in [1.807, 2.05) is 4.90 Å². The number of carbonyl (C=O) groups excluding carboxylic acids is 1. The average molecular weight is 414 g/mol. The van der Waals surface area contributed by atoms with Crippen LogP contribution in [0.25, 0.3) is 6.08 Å².